The third kappa shape index (κ3) is 3.02. The van der Waals surface area contributed by atoms with Crippen LogP contribution in [0.5, 0.6) is 0 Å². The topological polar surface area (TPSA) is 96.7 Å². The molecule has 0 aliphatic carbocycles. The monoisotopic (exact) mass is 291 g/mol. The number of benzene rings is 1. The molecule has 0 spiro atoms. The van der Waals surface area contributed by atoms with Crippen LogP contribution in [0, 0.1) is 0 Å². The van der Waals surface area contributed by atoms with E-state index in [9.17, 15) is 5.11 Å². The van der Waals surface area contributed by atoms with Gasteiger partial charge in [0.05, 0.1) is 31.5 Å². The summed E-state index contributed by atoms with van der Waals surface area (Å²) in [4.78, 5) is 2.88. The first-order valence-corrected chi connectivity index (χ1v) is 6.94. The number of fused-ring (bicyclic) bond motifs is 1. The Morgan fingerprint density at radius 1 is 1.29 bits per heavy atom. The Morgan fingerprint density at radius 2 is 2.10 bits per heavy atom. The van der Waals surface area contributed by atoms with Crippen LogP contribution in [0.4, 0.5) is 0 Å². The standard InChI is InChI=1S/C14H17N3O4/c15-17-16-11-6-10(7-18)20-12-8-19-14(21-13(11)12)9-4-2-1-3-5-9/h1-5,10-14,18H,6-8H2/t10-,11?,12-,13-,14+/m1/s1. The van der Waals surface area contributed by atoms with Gasteiger partial charge in [-0.25, -0.2) is 0 Å². The van der Waals surface area contributed by atoms with Gasteiger partial charge in [-0.3, -0.25) is 0 Å². The Morgan fingerprint density at radius 3 is 2.81 bits per heavy atom. The van der Waals surface area contributed by atoms with Gasteiger partial charge in [0.15, 0.2) is 6.29 Å². The van der Waals surface area contributed by atoms with Crippen molar-refractivity contribution in [1.82, 2.24) is 0 Å². The van der Waals surface area contributed by atoms with Gasteiger partial charge in [0, 0.05) is 10.5 Å². The molecule has 2 fully saturated rings. The van der Waals surface area contributed by atoms with E-state index in [-0.39, 0.29) is 31.0 Å². The quantitative estimate of drug-likeness (QED) is 0.522. The highest BCUT2D eigenvalue weighted by molar-refractivity contribution is 5.16. The van der Waals surface area contributed by atoms with Gasteiger partial charge >= 0.3 is 0 Å². The minimum Gasteiger partial charge on any atom is -0.394 e. The molecule has 1 aromatic rings. The average molecular weight is 291 g/mol. The van der Waals surface area contributed by atoms with E-state index in [0.29, 0.717) is 13.0 Å². The number of rotatable bonds is 3. The van der Waals surface area contributed by atoms with Crippen LogP contribution in [0.3, 0.4) is 0 Å². The molecule has 2 aliphatic rings. The van der Waals surface area contributed by atoms with Crippen molar-refractivity contribution in [2.24, 2.45) is 5.11 Å². The zero-order valence-corrected chi connectivity index (χ0v) is 11.4. The molecule has 0 radical (unpaired) electrons. The van der Waals surface area contributed by atoms with Crippen molar-refractivity contribution in [1.29, 1.82) is 0 Å². The summed E-state index contributed by atoms with van der Waals surface area (Å²) >= 11 is 0. The summed E-state index contributed by atoms with van der Waals surface area (Å²) < 4.78 is 17.3. The zero-order valence-electron chi connectivity index (χ0n) is 11.4. The molecule has 21 heavy (non-hydrogen) atoms. The summed E-state index contributed by atoms with van der Waals surface area (Å²) in [6, 6.07) is 9.24. The van der Waals surface area contributed by atoms with Gasteiger partial charge in [-0.05, 0) is 12.0 Å². The molecule has 5 atom stereocenters. The molecule has 2 aliphatic heterocycles. The molecule has 112 valence electrons. The molecule has 2 saturated heterocycles. The molecule has 7 heteroatoms. The first-order valence-electron chi connectivity index (χ1n) is 6.94. The van der Waals surface area contributed by atoms with Gasteiger partial charge in [0.2, 0.25) is 0 Å². The molecule has 3 rings (SSSR count). The largest absolute Gasteiger partial charge is 0.394 e. The average Bonchev–Trinajstić information content (AvgIpc) is 2.55. The summed E-state index contributed by atoms with van der Waals surface area (Å²) in [7, 11) is 0. The van der Waals surface area contributed by atoms with E-state index in [0.717, 1.165) is 5.56 Å². The fourth-order valence-corrected chi connectivity index (χ4v) is 2.79. The predicted octanol–water partition coefficient (Wildman–Crippen LogP) is 1.93. The predicted molar refractivity (Wildman–Crippen MR) is 73.3 cm³/mol. The van der Waals surface area contributed by atoms with Gasteiger partial charge in [0.25, 0.3) is 0 Å². The lowest BCUT2D eigenvalue weighted by Crippen LogP contribution is -2.54. The molecule has 0 bridgehead atoms. The van der Waals surface area contributed by atoms with Crippen molar-refractivity contribution in [2.45, 2.75) is 37.1 Å². The first-order chi connectivity index (χ1) is 10.3. The molecule has 0 aromatic heterocycles. The van der Waals surface area contributed by atoms with E-state index in [1.807, 2.05) is 30.3 Å². The highest BCUT2D eigenvalue weighted by atomic mass is 16.7. The number of nitrogens with zero attached hydrogens (tertiary/aromatic N) is 3. The van der Waals surface area contributed by atoms with Crippen LogP contribution in [0.25, 0.3) is 10.4 Å². The Balaban J connectivity index is 1.77. The number of ether oxygens (including phenoxy) is 3. The maximum Gasteiger partial charge on any atom is 0.184 e. The van der Waals surface area contributed by atoms with E-state index < -0.39 is 6.29 Å². The molecule has 0 amide bonds. The molecule has 7 nitrogen and oxygen atoms in total. The number of aliphatic hydroxyl groups excluding tert-OH is 1. The minimum absolute atomic E-state index is 0.108. The molecule has 1 N–H and O–H groups in total. The van der Waals surface area contributed by atoms with Crippen LogP contribution in [-0.2, 0) is 14.2 Å². The van der Waals surface area contributed by atoms with E-state index in [1.54, 1.807) is 0 Å². The maximum absolute atomic E-state index is 9.26. The SMILES string of the molecule is [N-]=[N+]=NC1C[C@H](CO)O[C@@H]2CO[C@H](c3ccccc3)O[C@H]12. The third-order valence-corrected chi connectivity index (χ3v) is 3.79. The van der Waals surface area contributed by atoms with Gasteiger partial charge in [-0.1, -0.05) is 35.4 Å². The number of aliphatic hydroxyl groups is 1. The van der Waals surface area contributed by atoms with Crippen molar-refractivity contribution < 1.29 is 19.3 Å². The van der Waals surface area contributed by atoms with E-state index in [2.05, 4.69) is 10.0 Å². The zero-order chi connectivity index (χ0) is 14.7. The summed E-state index contributed by atoms with van der Waals surface area (Å²) in [5.74, 6) is 0. The Hall–Kier alpha value is -1.63. The number of hydrogen-bond acceptors (Lipinski definition) is 5. The second-order valence-corrected chi connectivity index (χ2v) is 5.16. The highest BCUT2D eigenvalue weighted by Gasteiger charge is 2.43. The molecule has 1 unspecified atom stereocenters. The fourth-order valence-electron chi connectivity index (χ4n) is 2.79. The highest BCUT2D eigenvalue weighted by Crippen LogP contribution is 2.34. The lowest BCUT2D eigenvalue weighted by atomic mass is 9.95. The van der Waals surface area contributed by atoms with Crippen molar-refractivity contribution in [2.75, 3.05) is 13.2 Å². The van der Waals surface area contributed by atoms with Crippen molar-refractivity contribution in [3.63, 3.8) is 0 Å². The van der Waals surface area contributed by atoms with Crippen LogP contribution in [0.15, 0.2) is 35.4 Å². The lowest BCUT2D eigenvalue weighted by molar-refractivity contribution is -0.294. The maximum atomic E-state index is 9.26. The second-order valence-electron chi connectivity index (χ2n) is 5.16. The second kappa shape index (κ2) is 6.43. The summed E-state index contributed by atoms with van der Waals surface area (Å²) in [5.41, 5.74) is 9.64. The van der Waals surface area contributed by atoms with Crippen molar-refractivity contribution >= 4 is 0 Å². The smallest absolute Gasteiger partial charge is 0.184 e. The van der Waals surface area contributed by atoms with Crippen LogP contribution in [-0.4, -0.2) is 42.7 Å². The number of hydrogen-bond donors (Lipinski definition) is 1. The van der Waals surface area contributed by atoms with E-state index in [1.165, 1.54) is 0 Å². The summed E-state index contributed by atoms with van der Waals surface area (Å²) in [6.07, 6.45) is -1.07. The first kappa shape index (κ1) is 14.3. The van der Waals surface area contributed by atoms with E-state index >= 15 is 0 Å². The summed E-state index contributed by atoms with van der Waals surface area (Å²) in [5, 5.41) is 13.1. The van der Waals surface area contributed by atoms with Crippen LogP contribution >= 0.6 is 0 Å². The lowest BCUT2D eigenvalue weighted by Gasteiger charge is -2.44. The normalized spacial score (nSPS) is 35.6. The Bertz CT molecular complexity index is 520. The van der Waals surface area contributed by atoms with Crippen LogP contribution < -0.4 is 0 Å². The Kier molecular flexibility index (Phi) is 4.38. The molecular formula is C14H17N3O4. The fraction of sp³-hybridized carbons (Fsp3) is 0.571. The van der Waals surface area contributed by atoms with Gasteiger partial charge in [0.1, 0.15) is 6.10 Å². The van der Waals surface area contributed by atoms with Gasteiger partial charge < -0.3 is 19.3 Å². The van der Waals surface area contributed by atoms with Crippen molar-refractivity contribution in [3.05, 3.63) is 46.3 Å². The van der Waals surface area contributed by atoms with Gasteiger partial charge in [-0.2, -0.15) is 0 Å². The third-order valence-electron chi connectivity index (χ3n) is 3.79. The van der Waals surface area contributed by atoms with Crippen LogP contribution in [0.1, 0.15) is 18.3 Å². The van der Waals surface area contributed by atoms with E-state index in [4.69, 9.17) is 19.7 Å². The number of azide groups is 1. The molecule has 0 saturated carbocycles. The van der Waals surface area contributed by atoms with Gasteiger partial charge in [-0.15, -0.1) is 0 Å². The van der Waals surface area contributed by atoms with Crippen molar-refractivity contribution in [3.8, 4) is 0 Å². The van der Waals surface area contributed by atoms with Crippen LogP contribution in [0.2, 0.25) is 0 Å². The summed E-state index contributed by atoms with van der Waals surface area (Å²) in [6.45, 7) is 0.237. The molecular weight excluding hydrogens is 274 g/mol. The molecule has 1 aromatic carbocycles. The minimum atomic E-state index is -0.488. The Labute approximate surface area is 122 Å². The molecule has 2 heterocycles.